The summed E-state index contributed by atoms with van der Waals surface area (Å²) in [6.45, 7) is 2.17. The van der Waals surface area contributed by atoms with Crippen molar-refractivity contribution in [2.24, 2.45) is 13.0 Å². The normalized spacial score (nSPS) is 19.6. The molecule has 1 fully saturated rings. The van der Waals surface area contributed by atoms with Crippen LogP contribution in [-0.2, 0) is 11.8 Å². The van der Waals surface area contributed by atoms with Gasteiger partial charge in [0, 0.05) is 57.7 Å². The van der Waals surface area contributed by atoms with Gasteiger partial charge in [-0.2, -0.15) is 5.10 Å². The van der Waals surface area contributed by atoms with E-state index in [-0.39, 0.29) is 23.7 Å². The highest BCUT2D eigenvalue weighted by Gasteiger charge is 2.34. The van der Waals surface area contributed by atoms with E-state index in [0.29, 0.717) is 25.2 Å². The maximum absolute atomic E-state index is 12.4. The number of pyridine rings is 1. The van der Waals surface area contributed by atoms with Crippen LogP contribution in [0.25, 0.3) is 0 Å². The molecule has 1 aliphatic heterocycles. The number of aryl methyl sites for hydroxylation is 1. The van der Waals surface area contributed by atoms with Gasteiger partial charge in [-0.05, 0) is 17.7 Å². The highest BCUT2D eigenvalue weighted by Crippen LogP contribution is 2.27. The first-order chi connectivity index (χ1) is 12.1. The highest BCUT2D eigenvalue weighted by molar-refractivity contribution is 5.93. The average molecular weight is 342 g/mol. The van der Waals surface area contributed by atoms with E-state index in [1.54, 1.807) is 23.0 Å². The largest absolute Gasteiger partial charge is 0.354 e. The fourth-order valence-corrected chi connectivity index (χ4v) is 3.03. The van der Waals surface area contributed by atoms with Crippen LogP contribution in [0.1, 0.15) is 21.8 Å². The third-order valence-electron chi connectivity index (χ3n) is 4.34. The van der Waals surface area contributed by atoms with Crippen LogP contribution in [0.2, 0.25) is 0 Å². The number of hydrogen-bond donors (Lipinski definition) is 3. The molecule has 0 unspecified atom stereocenters. The van der Waals surface area contributed by atoms with Crippen molar-refractivity contribution < 1.29 is 9.59 Å². The highest BCUT2D eigenvalue weighted by atomic mass is 16.2. The Morgan fingerprint density at radius 1 is 1.28 bits per heavy atom. The molecule has 8 heteroatoms. The topological polar surface area (TPSA) is 101 Å². The zero-order valence-electron chi connectivity index (χ0n) is 14.1. The minimum absolute atomic E-state index is 0.00511. The number of aromatic nitrogens is 3. The lowest BCUT2D eigenvalue weighted by Gasteiger charge is -2.17. The second kappa shape index (κ2) is 7.89. The number of rotatable bonds is 6. The molecule has 3 N–H and O–H groups in total. The fourth-order valence-electron chi connectivity index (χ4n) is 3.03. The maximum Gasteiger partial charge on any atom is 0.252 e. The molecule has 0 saturated carbocycles. The van der Waals surface area contributed by atoms with Crippen LogP contribution in [-0.4, -0.2) is 52.8 Å². The number of amides is 2. The van der Waals surface area contributed by atoms with Crippen LogP contribution in [0.4, 0.5) is 0 Å². The van der Waals surface area contributed by atoms with Gasteiger partial charge in [0.2, 0.25) is 5.91 Å². The first kappa shape index (κ1) is 17.1. The summed E-state index contributed by atoms with van der Waals surface area (Å²) in [7, 11) is 1.87. The van der Waals surface area contributed by atoms with E-state index in [2.05, 4.69) is 26.0 Å². The fraction of sp³-hybridized carbons (Fsp3) is 0.412. The Balaban J connectivity index is 1.45. The number of carbonyl (C=O) groups is 2. The minimum atomic E-state index is -0.196. The molecule has 3 heterocycles. The lowest BCUT2D eigenvalue weighted by Crippen LogP contribution is -2.39. The molecule has 0 aliphatic carbocycles. The molecular formula is C17H22N6O2. The molecule has 1 aliphatic rings. The van der Waals surface area contributed by atoms with Crippen molar-refractivity contribution in [3.8, 4) is 0 Å². The van der Waals surface area contributed by atoms with Gasteiger partial charge in [0.05, 0.1) is 17.7 Å². The van der Waals surface area contributed by atoms with Crippen molar-refractivity contribution in [1.82, 2.24) is 30.7 Å². The molecule has 2 amide bonds. The first-order valence-corrected chi connectivity index (χ1v) is 8.30. The van der Waals surface area contributed by atoms with Gasteiger partial charge < -0.3 is 16.0 Å². The number of hydrogen-bond acceptors (Lipinski definition) is 5. The predicted molar refractivity (Wildman–Crippen MR) is 91.9 cm³/mol. The second-order valence-electron chi connectivity index (χ2n) is 6.11. The van der Waals surface area contributed by atoms with Crippen molar-refractivity contribution in [2.45, 2.75) is 5.92 Å². The lowest BCUT2D eigenvalue weighted by atomic mass is 9.90. The summed E-state index contributed by atoms with van der Waals surface area (Å²) >= 11 is 0. The summed E-state index contributed by atoms with van der Waals surface area (Å²) in [6.07, 6.45) is 6.89. The third kappa shape index (κ3) is 4.21. The summed E-state index contributed by atoms with van der Waals surface area (Å²) in [5, 5.41) is 13.1. The molecule has 2 atom stereocenters. The van der Waals surface area contributed by atoms with Crippen LogP contribution >= 0.6 is 0 Å². The van der Waals surface area contributed by atoms with Crippen LogP contribution in [0.3, 0.4) is 0 Å². The summed E-state index contributed by atoms with van der Waals surface area (Å²) < 4.78 is 1.75. The zero-order valence-corrected chi connectivity index (χ0v) is 14.1. The SMILES string of the molecule is Cn1cc([C@H]2CNC[C@@H]2C(=O)NCCNC(=O)c2cccnc2)cn1. The van der Waals surface area contributed by atoms with E-state index in [1.165, 1.54) is 6.20 Å². The summed E-state index contributed by atoms with van der Waals surface area (Å²) in [5.41, 5.74) is 1.57. The number of nitrogens with zero attached hydrogens (tertiary/aromatic N) is 3. The van der Waals surface area contributed by atoms with Crippen molar-refractivity contribution >= 4 is 11.8 Å². The summed E-state index contributed by atoms with van der Waals surface area (Å²) in [4.78, 5) is 28.3. The molecule has 25 heavy (non-hydrogen) atoms. The molecule has 0 aromatic carbocycles. The molecule has 132 valence electrons. The molecule has 1 saturated heterocycles. The summed E-state index contributed by atoms with van der Waals surface area (Å²) in [6, 6.07) is 3.41. The number of carbonyl (C=O) groups excluding carboxylic acids is 2. The Kier molecular flexibility index (Phi) is 5.39. The van der Waals surface area contributed by atoms with E-state index < -0.39 is 0 Å². The van der Waals surface area contributed by atoms with Gasteiger partial charge in [-0.3, -0.25) is 19.3 Å². The van der Waals surface area contributed by atoms with E-state index in [1.807, 2.05) is 19.4 Å². The Hall–Kier alpha value is -2.74. The van der Waals surface area contributed by atoms with Gasteiger partial charge in [0.15, 0.2) is 0 Å². The first-order valence-electron chi connectivity index (χ1n) is 8.30. The smallest absolute Gasteiger partial charge is 0.252 e. The Morgan fingerprint density at radius 3 is 2.84 bits per heavy atom. The molecular weight excluding hydrogens is 320 g/mol. The molecule has 8 nitrogen and oxygen atoms in total. The standard InChI is InChI=1S/C17H22N6O2/c1-23-11-13(8-22-23)14-9-19-10-15(14)17(25)21-6-5-20-16(24)12-3-2-4-18-7-12/h2-4,7-8,11,14-15,19H,5-6,9-10H2,1H3,(H,20,24)(H,21,25)/t14-,15+/m1/s1. The zero-order chi connectivity index (χ0) is 17.6. The van der Waals surface area contributed by atoms with Gasteiger partial charge in [-0.25, -0.2) is 0 Å². The molecule has 2 aromatic rings. The van der Waals surface area contributed by atoms with Crippen LogP contribution in [0.5, 0.6) is 0 Å². The van der Waals surface area contributed by atoms with Gasteiger partial charge in [-0.15, -0.1) is 0 Å². The van der Waals surface area contributed by atoms with Crippen molar-refractivity contribution in [3.63, 3.8) is 0 Å². The van der Waals surface area contributed by atoms with E-state index in [0.717, 1.165) is 12.1 Å². The Morgan fingerprint density at radius 2 is 2.12 bits per heavy atom. The lowest BCUT2D eigenvalue weighted by molar-refractivity contribution is -0.124. The minimum Gasteiger partial charge on any atom is -0.354 e. The average Bonchev–Trinajstić information content (AvgIpc) is 3.27. The van der Waals surface area contributed by atoms with Crippen molar-refractivity contribution in [2.75, 3.05) is 26.2 Å². The van der Waals surface area contributed by atoms with Crippen LogP contribution in [0.15, 0.2) is 36.9 Å². The molecule has 2 aromatic heterocycles. The molecule has 0 radical (unpaired) electrons. The quantitative estimate of drug-likeness (QED) is 0.624. The van der Waals surface area contributed by atoms with Crippen LogP contribution in [0, 0.1) is 5.92 Å². The van der Waals surface area contributed by atoms with Gasteiger partial charge in [-0.1, -0.05) is 0 Å². The third-order valence-corrected chi connectivity index (χ3v) is 4.34. The Labute approximate surface area is 146 Å². The monoisotopic (exact) mass is 342 g/mol. The molecule has 3 rings (SSSR count). The molecule has 0 spiro atoms. The Bertz CT molecular complexity index is 730. The molecule has 0 bridgehead atoms. The summed E-state index contributed by atoms with van der Waals surface area (Å²) in [5.74, 6) is -0.204. The maximum atomic E-state index is 12.4. The van der Waals surface area contributed by atoms with E-state index >= 15 is 0 Å². The van der Waals surface area contributed by atoms with Gasteiger partial charge in [0.1, 0.15) is 0 Å². The van der Waals surface area contributed by atoms with Crippen molar-refractivity contribution in [3.05, 3.63) is 48.0 Å². The van der Waals surface area contributed by atoms with Gasteiger partial charge in [0.25, 0.3) is 5.91 Å². The van der Waals surface area contributed by atoms with Gasteiger partial charge >= 0.3 is 0 Å². The van der Waals surface area contributed by atoms with E-state index in [4.69, 9.17) is 0 Å². The predicted octanol–water partition coefficient (Wildman–Crippen LogP) is -0.336. The van der Waals surface area contributed by atoms with Crippen LogP contribution < -0.4 is 16.0 Å². The second-order valence-corrected chi connectivity index (χ2v) is 6.11. The van der Waals surface area contributed by atoms with Crippen molar-refractivity contribution in [1.29, 1.82) is 0 Å². The van der Waals surface area contributed by atoms with E-state index in [9.17, 15) is 9.59 Å². The number of nitrogens with one attached hydrogen (secondary N) is 3.